The van der Waals surface area contributed by atoms with E-state index in [0.717, 1.165) is 16.9 Å². The molecule has 4 rings (SSSR count). The average molecular weight is 350 g/mol. The molecule has 0 atom stereocenters. The van der Waals surface area contributed by atoms with Gasteiger partial charge in [0.25, 0.3) is 0 Å². The SMILES string of the molecule is O=C(Cc1ccccc1)NCc1cc(-c2ccc3c(c2)OCCO3)on1. The molecule has 26 heavy (non-hydrogen) atoms. The molecule has 0 saturated heterocycles. The van der Waals surface area contributed by atoms with Crippen molar-refractivity contribution in [3.05, 3.63) is 65.9 Å². The minimum Gasteiger partial charge on any atom is -0.486 e. The van der Waals surface area contributed by atoms with E-state index in [-0.39, 0.29) is 5.91 Å². The second-order valence-electron chi connectivity index (χ2n) is 5.98. The maximum Gasteiger partial charge on any atom is 0.224 e. The minimum absolute atomic E-state index is 0.0555. The number of nitrogens with zero attached hydrogens (tertiary/aromatic N) is 1. The van der Waals surface area contributed by atoms with E-state index < -0.39 is 0 Å². The van der Waals surface area contributed by atoms with Gasteiger partial charge in [-0.25, -0.2) is 0 Å². The second kappa shape index (κ2) is 7.31. The van der Waals surface area contributed by atoms with Gasteiger partial charge in [-0.3, -0.25) is 4.79 Å². The first-order valence-electron chi connectivity index (χ1n) is 8.44. The molecule has 0 unspecified atom stereocenters. The Balaban J connectivity index is 1.38. The van der Waals surface area contributed by atoms with E-state index >= 15 is 0 Å². The second-order valence-corrected chi connectivity index (χ2v) is 5.98. The zero-order chi connectivity index (χ0) is 17.8. The van der Waals surface area contributed by atoms with E-state index in [4.69, 9.17) is 14.0 Å². The van der Waals surface area contributed by atoms with Gasteiger partial charge in [0.1, 0.15) is 18.9 Å². The van der Waals surface area contributed by atoms with E-state index in [2.05, 4.69) is 10.5 Å². The van der Waals surface area contributed by atoms with Crippen LogP contribution < -0.4 is 14.8 Å². The van der Waals surface area contributed by atoms with Gasteiger partial charge in [-0.05, 0) is 23.8 Å². The number of fused-ring (bicyclic) bond motifs is 1. The Morgan fingerprint density at radius 1 is 1.00 bits per heavy atom. The molecule has 132 valence electrons. The molecular weight excluding hydrogens is 332 g/mol. The van der Waals surface area contributed by atoms with Gasteiger partial charge in [0.2, 0.25) is 5.91 Å². The van der Waals surface area contributed by atoms with Crippen LogP contribution in [0.4, 0.5) is 0 Å². The predicted molar refractivity (Wildman–Crippen MR) is 94.9 cm³/mol. The molecule has 1 aliphatic heterocycles. The third-order valence-electron chi connectivity index (χ3n) is 4.06. The summed E-state index contributed by atoms with van der Waals surface area (Å²) < 4.78 is 16.5. The monoisotopic (exact) mass is 350 g/mol. The maximum absolute atomic E-state index is 12.0. The highest BCUT2D eigenvalue weighted by atomic mass is 16.6. The zero-order valence-electron chi connectivity index (χ0n) is 14.1. The molecule has 1 aromatic heterocycles. The number of hydrogen-bond donors (Lipinski definition) is 1. The number of nitrogens with one attached hydrogen (secondary N) is 1. The molecule has 0 saturated carbocycles. The molecule has 0 radical (unpaired) electrons. The van der Waals surface area contributed by atoms with Gasteiger partial charge in [-0.1, -0.05) is 35.5 Å². The lowest BCUT2D eigenvalue weighted by Crippen LogP contribution is -2.24. The molecule has 3 aromatic rings. The van der Waals surface area contributed by atoms with Crippen LogP contribution in [0.3, 0.4) is 0 Å². The van der Waals surface area contributed by atoms with Crippen molar-refractivity contribution in [3.8, 4) is 22.8 Å². The lowest BCUT2D eigenvalue weighted by molar-refractivity contribution is -0.120. The Morgan fingerprint density at radius 2 is 1.81 bits per heavy atom. The predicted octanol–water partition coefficient (Wildman–Crippen LogP) is 2.97. The van der Waals surface area contributed by atoms with Crippen molar-refractivity contribution in [2.24, 2.45) is 0 Å². The summed E-state index contributed by atoms with van der Waals surface area (Å²) in [5, 5.41) is 6.88. The highest BCUT2D eigenvalue weighted by Crippen LogP contribution is 2.34. The van der Waals surface area contributed by atoms with Gasteiger partial charge in [-0.15, -0.1) is 0 Å². The summed E-state index contributed by atoms with van der Waals surface area (Å²) in [6, 6.07) is 17.0. The van der Waals surface area contributed by atoms with Crippen molar-refractivity contribution in [3.63, 3.8) is 0 Å². The molecule has 2 heterocycles. The maximum atomic E-state index is 12.0. The first kappa shape index (κ1) is 16.2. The van der Waals surface area contributed by atoms with Crippen molar-refractivity contribution in [2.45, 2.75) is 13.0 Å². The van der Waals surface area contributed by atoms with Crippen LogP contribution in [0.2, 0.25) is 0 Å². The lowest BCUT2D eigenvalue weighted by Gasteiger charge is -2.18. The third kappa shape index (κ3) is 3.69. The van der Waals surface area contributed by atoms with Crippen molar-refractivity contribution in [1.29, 1.82) is 0 Å². The van der Waals surface area contributed by atoms with E-state index in [1.54, 1.807) is 0 Å². The summed E-state index contributed by atoms with van der Waals surface area (Å²) >= 11 is 0. The van der Waals surface area contributed by atoms with Gasteiger partial charge in [-0.2, -0.15) is 0 Å². The van der Waals surface area contributed by atoms with Crippen LogP contribution in [0.25, 0.3) is 11.3 Å². The fourth-order valence-corrected chi connectivity index (χ4v) is 2.76. The van der Waals surface area contributed by atoms with Gasteiger partial charge in [0.05, 0.1) is 13.0 Å². The smallest absolute Gasteiger partial charge is 0.224 e. The Morgan fingerprint density at radius 3 is 2.65 bits per heavy atom. The lowest BCUT2D eigenvalue weighted by atomic mass is 10.1. The molecule has 0 fully saturated rings. The highest BCUT2D eigenvalue weighted by molar-refractivity contribution is 5.78. The van der Waals surface area contributed by atoms with E-state index in [9.17, 15) is 4.79 Å². The molecule has 0 aliphatic carbocycles. The number of carbonyl (C=O) groups is 1. The normalized spacial score (nSPS) is 12.6. The Kier molecular flexibility index (Phi) is 4.55. The van der Waals surface area contributed by atoms with Gasteiger partial charge < -0.3 is 19.3 Å². The largest absolute Gasteiger partial charge is 0.486 e. The molecular formula is C20H18N2O4. The first-order chi connectivity index (χ1) is 12.8. The molecule has 0 spiro atoms. The fourth-order valence-electron chi connectivity index (χ4n) is 2.76. The standard InChI is InChI=1S/C20H18N2O4/c23-20(10-14-4-2-1-3-5-14)21-13-16-12-18(26-22-16)15-6-7-17-19(11-15)25-9-8-24-17/h1-7,11-12H,8-10,13H2,(H,21,23). The Hall–Kier alpha value is -3.28. The summed E-state index contributed by atoms with van der Waals surface area (Å²) in [7, 11) is 0. The summed E-state index contributed by atoms with van der Waals surface area (Å²) in [4.78, 5) is 12.0. The quantitative estimate of drug-likeness (QED) is 0.766. The van der Waals surface area contributed by atoms with E-state index in [1.165, 1.54) is 0 Å². The van der Waals surface area contributed by atoms with Gasteiger partial charge >= 0.3 is 0 Å². The molecule has 1 N–H and O–H groups in total. The van der Waals surface area contributed by atoms with Crippen LogP contribution in [0.5, 0.6) is 11.5 Å². The number of hydrogen-bond acceptors (Lipinski definition) is 5. The highest BCUT2D eigenvalue weighted by Gasteiger charge is 2.15. The molecule has 0 bridgehead atoms. The molecule has 1 amide bonds. The topological polar surface area (TPSA) is 73.6 Å². The fraction of sp³-hybridized carbons (Fsp3) is 0.200. The Bertz CT molecular complexity index is 905. The number of aromatic nitrogens is 1. The number of rotatable bonds is 5. The van der Waals surface area contributed by atoms with E-state index in [1.807, 2.05) is 54.6 Å². The van der Waals surface area contributed by atoms with Crippen LogP contribution in [0.15, 0.2) is 59.1 Å². The summed E-state index contributed by atoms with van der Waals surface area (Å²) in [5.41, 5.74) is 2.49. The number of amides is 1. The van der Waals surface area contributed by atoms with Gasteiger partial charge in [0.15, 0.2) is 17.3 Å². The molecule has 1 aliphatic rings. The van der Waals surface area contributed by atoms with Crippen LogP contribution in [0.1, 0.15) is 11.3 Å². The molecule has 6 heteroatoms. The number of ether oxygens (including phenoxy) is 2. The molecule has 6 nitrogen and oxygen atoms in total. The van der Waals surface area contributed by atoms with E-state index in [0.29, 0.717) is 43.4 Å². The van der Waals surface area contributed by atoms with Crippen LogP contribution in [-0.2, 0) is 17.8 Å². The van der Waals surface area contributed by atoms with Crippen molar-refractivity contribution in [1.82, 2.24) is 10.5 Å². The van der Waals surface area contributed by atoms with Crippen molar-refractivity contribution in [2.75, 3.05) is 13.2 Å². The number of carbonyl (C=O) groups excluding carboxylic acids is 1. The summed E-state index contributed by atoms with van der Waals surface area (Å²) in [5.74, 6) is 1.99. The first-order valence-corrected chi connectivity index (χ1v) is 8.44. The van der Waals surface area contributed by atoms with Crippen molar-refractivity contribution >= 4 is 5.91 Å². The van der Waals surface area contributed by atoms with Crippen LogP contribution >= 0.6 is 0 Å². The average Bonchev–Trinajstić information content (AvgIpc) is 3.16. The van der Waals surface area contributed by atoms with Crippen LogP contribution in [0, 0.1) is 0 Å². The Labute approximate surface area is 150 Å². The zero-order valence-corrected chi connectivity index (χ0v) is 14.1. The summed E-state index contributed by atoms with van der Waals surface area (Å²) in [6.45, 7) is 1.41. The minimum atomic E-state index is -0.0555. The third-order valence-corrected chi connectivity index (χ3v) is 4.06. The summed E-state index contributed by atoms with van der Waals surface area (Å²) in [6.07, 6.45) is 0.341. The number of benzene rings is 2. The van der Waals surface area contributed by atoms with Gasteiger partial charge in [0, 0.05) is 11.6 Å². The van der Waals surface area contributed by atoms with Crippen molar-refractivity contribution < 1.29 is 18.8 Å². The van der Waals surface area contributed by atoms with Crippen LogP contribution in [-0.4, -0.2) is 24.3 Å². The molecule has 2 aromatic carbocycles.